The maximum absolute atomic E-state index is 11.8. The van der Waals surface area contributed by atoms with Gasteiger partial charge in [-0.2, -0.15) is 0 Å². The van der Waals surface area contributed by atoms with Crippen molar-refractivity contribution in [1.82, 2.24) is 5.32 Å². The molecule has 0 aromatic heterocycles. The zero-order valence-electron chi connectivity index (χ0n) is 12.7. The Labute approximate surface area is 127 Å². The topological polar surface area (TPSA) is 81.7 Å². The van der Waals surface area contributed by atoms with Crippen LogP contribution in [0.4, 0.5) is 4.79 Å². The Balaban J connectivity index is 1.73. The van der Waals surface area contributed by atoms with Gasteiger partial charge >= 0.3 is 18.0 Å². The molecule has 0 spiro atoms. The Bertz CT molecular complexity index is 644. The van der Waals surface area contributed by atoms with E-state index in [4.69, 9.17) is 4.74 Å². The van der Waals surface area contributed by atoms with E-state index in [1.807, 2.05) is 0 Å². The molecule has 0 fully saturated rings. The summed E-state index contributed by atoms with van der Waals surface area (Å²) >= 11 is 0. The highest BCUT2D eigenvalue weighted by molar-refractivity contribution is 6.14. The molecule has 1 aliphatic carbocycles. The van der Waals surface area contributed by atoms with E-state index in [-0.39, 0.29) is 6.04 Å². The van der Waals surface area contributed by atoms with Gasteiger partial charge in [0.2, 0.25) is 0 Å². The minimum absolute atomic E-state index is 0.0986. The van der Waals surface area contributed by atoms with Gasteiger partial charge in [-0.3, -0.25) is 0 Å². The third-order valence-corrected chi connectivity index (χ3v) is 3.62. The largest absolute Gasteiger partial charge is 0.444 e. The second-order valence-corrected chi connectivity index (χ2v) is 6.59. The van der Waals surface area contributed by atoms with E-state index in [0.29, 0.717) is 24.0 Å². The summed E-state index contributed by atoms with van der Waals surface area (Å²) in [5, 5.41) is 2.82. The lowest BCUT2D eigenvalue weighted by atomic mass is 10.0. The number of fused-ring (bicyclic) bond motifs is 2. The number of cyclic esters (lactones) is 2. The number of hydrogen-bond acceptors (Lipinski definition) is 5. The van der Waals surface area contributed by atoms with Gasteiger partial charge in [-0.25, -0.2) is 14.4 Å². The van der Waals surface area contributed by atoms with Gasteiger partial charge in [-0.1, -0.05) is 0 Å². The van der Waals surface area contributed by atoms with Gasteiger partial charge in [-0.15, -0.1) is 0 Å². The van der Waals surface area contributed by atoms with E-state index < -0.39 is 23.6 Å². The Morgan fingerprint density at radius 3 is 2.09 bits per heavy atom. The van der Waals surface area contributed by atoms with Gasteiger partial charge in [0, 0.05) is 6.04 Å². The molecule has 1 aliphatic heterocycles. The molecule has 6 heteroatoms. The third-order valence-electron chi connectivity index (χ3n) is 3.62. The second-order valence-electron chi connectivity index (χ2n) is 6.59. The predicted octanol–water partition coefficient (Wildman–Crippen LogP) is 1.99. The monoisotopic (exact) mass is 303 g/mol. The van der Waals surface area contributed by atoms with Crippen LogP contribution in [-0.4, -0.2) is 29.7 Å². The van der Waals surface area contributed by atoms with Gasteiger partial charge in [0.15, 0.2) is 0 Å². The van der Waals surface area contributed by atoms with Crippen molar-refractivity contribution in [2.75, 3.05) is 0 Å². The standard InChI is InChI=1S/C16H17NO5/c1-16(2,3)22-15(20)17-10-4-8-6-11-12(7-9(8)5-10)14(19)21-13(11)18/h6-7,10H,4-5H2,1-3H3,(H,17,20). The summed E-state index contributed by atoms with van der Waals surface area (Å²) in [6, 6.07) is 3.28. The molecule has 1 amide bonds. The molecule has 0 saturated heterocycles. The number of alkyl carbamates (subject to hydrolysis) is 1. The van der Waals surface area contributed by atoms with Crippen LogP contribution in [0.5, 0.6) is 0 Å². The number of ether oxygens (including phenoxy) is 2. The summed E-state index contributed by atoms with van der Waals surface area (Å²) in [6.45, 7) is 5.41. The Morgan fingerprint density at radius 1 is 1.14 bits per heavy atom. The first kappa shape index (κ1) is 14.6. The minimum atomic E-state index is -0.605. The lowest BCUT2D eigenvalue weighted by Gasteiger charge is -2.21. The zero-order valence-corrected chi connectivity index (χ0v) is 12.7. The van der Waals surface area contributed by atoms with Crippen LogP contribution in [0.25, 0.3) is 0 Å². The Hall–Kier alpha value is -2.37. The fraction of sp³-hybridized carbons (Fsp3) is 0.438. The number of nitrogens with one attached hydrogen (secondary N) is 1. The molecule has 1 N–H and O–H groups in total. The minimum Gasteiger partial charge on any atom is -0.444 e. The van der Waals surface area contributed by atoms with E-state index in [2.05, 4.69) is 10.1 Å². The van der Waals surface area contributed by atoms with E-state index in [9.17, 15) is 14.4 Å². The second kappa shape index (κ2) is 4.83. The van der Waals surface area contributed by atoms with Gasteiger partial charge in [0.1, 0.15) is 5.60 Å². The van der Waals surface area contributed by atoms with E-state index in [1.165, 1.54) is 0 Å². The molecule has 2 aliphatic rings. The smallest absolute Gasteiger partial charge is 0.407 e. The summed E-state index contributed by atoms with van der Waals surface area (Å²) in [5.74, 6) is -1.21. The maximum Gasteiger partial charge on any atom is 0.407 e. The number of amides is 1. The molecule has 0 radical (unpaired) electrons. The van der Waals surface area contributed by atoms with E-state index in [0.717, 1.165) is 11.1 Å². The van der Waals surface area contributed by atoms with Crippen molar-refractivity contribution in [3.63, 3.8) is 0 Å². The molecular weight excluding hydrogens is 286 g/mol. The van der Waals surface area contributed by atoms with Crippen molar-refractivity contribution in [2.45, 2.75) is 45.3 Å². The van der Waals surface area contributed by atoms with E-state index in [1.54, 1.807) is 32.9 Å². The molecule has 1 aromatic rings. The van der Waals surface area contributed by atoms with Crippen LogP contribution in [0, 0.1) is 0 Å². The van der Waals surface area contributed by atoms with Gasteiger partial charge in [0.25, 0.3) is 0 Å². The lowest BCUT2D eigenvalue weighted by molar-refractivity contribution is 0.0439. The fourth-order valence-electron chi connectivity index (χ4n) is 2.78. The highest BCUT2D eigenvalue weighted by Crippen LogP contribution is 2.30. The van der Waals surface area contributed by atoms with Gasteiger partial charge in [-0.05, 0) is 56.9 Å². The van der Waals surface area contributed by atoms with E-state index >= 15 is 0 Å². The first-order valence-electron chi connectivity index (χ1n) is 7.15. The number of carbonyl (C=O) groups excluding carboxylic acids is 3. The molecule has 0 saturated carbocycles. The van der Waals surface area contributed by atoms with Crippen LogP contribution in [-0.2, 0) is 22.3 Å². The SMILES string of the molecule is CC(C)(C)OC(=O)NC1Cc2cc3c(cc2C1)C(=O)OC3=O. The number of esters is 2. The third kappa shape index (κ3) is 2.68. The Morgan fingerprint density at radius 2 is 1.64 bits per heavy atom. The van der Waals surface area contributed by atoms with Crippen LogP contribution in [0.15, 0.2) is 12.1 Å². The zero-order chi connectivity index (χ0) is 16.1. The molecule has 3 rings (SSSR count). The number of rotatable bonds is 1. The first-order chi connectivity index (χ1) is 10.2. The Kier molecular flexibility index (Phi) is 3.20. The molecule has 0 bridgehead atoms. The summed E-state index contributed by atoms with van der Waals surface area (Å²) in [7, 11) is 0. The van der Waals surface area contributed by atoms with Crippen LogP contribution >= 0.6 is 0 Å². The number of carbonyl (C=O) groups is 3. The van der Waals surface area contributed by atoms with Gasteiger partial charge in [0.05, 0.1) is 11.1 Å². The lowest BCUT2D eigenvalue weighted by Crippen LogP contribution is -2.39. The van der Waals surface area contributed by atoms with Crippen molar-refractivity contribution >= 4 is 18.0 Å². The first-order valence-corrected chi connectivity index (χ1v) is 7.15. The average molecular weight is 303 g/mol. The maximum atomic E-state index is 11.8. The molecule has 1 heterocycles. The molecule has 1 aromatic carbocycles. The van der Waals surface area contributed by atoms with Crippen molar-refractivity contribution in [2.24, 2.45) is 0 Å². The normalized spacial score (nSPS) is 17.0. The summed E-state index contributed by atoms with van der Waals surface area (Å²) in [6.07, 6.45) is 0.737. The van der Waals surface area contributed by atoms with Crippen molar-refractivity contribution in [3.8, 4) is 0 Å². The molecule has 0 atom stereocenters. The number of benzene rings is 1. The molecule has 0 unspecified atom stereocenters. The quantitative estimate of drug-likeness (QED) is 0.634. The molecular formula is C16H17NO5. The summed E-state index contributed by atoms with van der Waals surface area (Å²) < 4.78 is 9.82. The predicted molar refractivity (Wildman–Crippen MR) is 76.8 cm³/mol. The average Bonchev–Trinajstić information content (AvgIpc) is 2.86. The fourth-order valence-corrected chi connectivity index (χ4v) is 2.78. The van der Waals surface area contributed by atoms with Crippen LogP contribution in [0.2, 0.25) is 0 Å². The van der Waals surface area contributed by atoms with Crippen molar-refractivity contribution < 1.29 is 23.9 Å². The van der Waals surface area contributed by atoms with Gasteiger partial charge < -0.3 is 14.8 Å². The molecule has 116 valence electrons. The number of hydrogen-bond donors (Lipinski definition) is 1. The van der Waals surface area contributed by atoms with Crippen LogP contribution in [0.3, 0.4) is 0 Å². The van der Waals surface area contributed by atoms with Crippen molar-refractivity contribution in [1.29, 1.82) is 0 Å². The highest BCUT2D eigenvalue weighted by atomic mass is 16.6. The molecule has 6 nitrogen and oxygen atoms in total. The highest BCUT2D eigenvalue weighted by Gasteiger charge is 2.34. The van der Waals surface area contributed by atoms with Crippen molar-refractivity contribution in [3.05, 3.63) is 34.4 Å². The van der Waals surface area contributed by atoms with Crippen LogP contribution in [0.1, 0.15) is 52.6 Å². The van der Waals surface area contributed by atoms with Crippen LogP contribution < -0.4 is 5.32 Å². The molecule has 22 heavy (non-hydrogen) atoms. The summed E-state index contributed by atoms with van der Waals surface area (Å²) in [5.41, 5.74) is 1.97. The summed E-state index contributed by atoms with van der Waals surface area (Å²) in [4.78, 5) is 34.9.